The van der Waals surface area contributed by atoms with E-state index in [0.717, 1.165) is 12.1 Å². The summed E-state index contributed by atoms with van der Waals surface area (Å²) in [5.41, 5.74) is -0.511. The molecule has 0 aliphatic heterocycles. The number of benzene rings is 1. The van der Waals surface area contributed by atoms with Gasteiger partial charge < -0.3 is 4.42 Å². The van der Waals surface area contributed by atoms with Crippen LogP contribution in [-0.2, 0) is 6.18 Å². The average Bonchev–Trinajstić information content (AvgIpc) is 2.85. The molecule has 0 aliphatic rings. The molecule has 0 saturated heterocycles. The second kappa shape index (κ2) is 5.44. The van der Waals surface area contributed by atoms with E-state index in [9.17, 15) is 18.0 Å². The van der Waals surface area contributed by atoms with E-state index < -0.39 is 11.7 Å². The van der Waals surface area contributed by atoms with Crippen molar-refractivity contribution < 1.29 is 22.4 Å². The molecule has 20 heavy (non-hydrogen) atoms. The van der Waals surface area contributed by atoms with Gasteiger partial charge in [-0.25, -0.2) is 0 Å². The largest absolute Gasteiger partial charge is 0.453 e. The topological polar surface area (TPSA) is 30.2 Å². The highest BCUT2D eigenvalue weighted by Gasteiger charge is 2.31. The number of hydrogen-bond donors (Lipinski definition) is 0. The van der Waals surface area contributed by atoms with Crippen LogP contribution in [0.4, 0.5) is 13.2 Å². The first-order valence-electron chi connectivity index (χ1n) is 5.82. The lowest BCUT2D eigenvalue weighted by atomic mass is 10.1. The molecule has 0 saturated carbocycles. The van der Waals surface area contributed by atoms with E-state index in [-0.39, 0.29) is 29.3 Å². The van der Waals surface area contributed by atoms with Crippen molar-refractivity contribution in [3.05, 3.63) is 46.1 Å². The lowest BCUT2D eigenvalue weighted by molar-refractivity contribution is -0.137. The summed E-state index contributed by atoms with van der Waals surface area (Å²) in [6, 6.07) is 6.45. The van der Waals surface area contributed by atoms with Crippen molar-refractivity contribution in [3.63, 3.8) is 0 Å². The van der Waals surface area contributed by atoms with Gasteiger partial charge in [0.15, 0.2) is 11.5 Å². The third-order valence-electron chi connectivity index (χ3n) is 2.71. The number of carbonyl (C=O) groups excluding carboxylic acids is 1. The standard InChI is InChI=1S/C14H10BrF3O2/c1-2-11(19)13-4-3-12(20-13)8-5-9(14(16,17)18)7-10(15)6-8/h3-7H,2H2,1H3. The van der Waals surface area contributed by atoms with Gasteiger partial charge in [0.1, 0.15) is 5.76 Å². The van der Waals surface area contributed by atoms with Crippen molar-refractivity contribution in [2.45, 2.75) is 19.5 Å². The Morgan fingerprint density at radius 2 is 1.95 bits per heavy atom. The predicted octanol–water partition coefficient (Wildman–Crippen LogP) is 5.32. The van der Waals surface area contributed by atoms with Crippen LogP contribution in [0.15, 0.2) is 39.2 Å². The smallest absolute Gasteiger partial charge is 0.416 e. The molecule has 2 nitrogen and oxygen atoms in total. The summed E-state index contributed by atoms with van der Waals surface area (Å²) in [5, 5.41) is 0. The van der Waals surface area contributed by atoms with Crippen molar-refractivity contribution in [1.82, 2.24) is 0 Å². The predicted molar refractivity (Wildman–Crippen MR) is 71.5 cm³/mol. The molecule has 106 valence electrons. The van der Waals surface area contributed by atoms with Crippen LogP contribution in [0.2, 0.25) is 0 Å². The van der Waals surface area contributed by atoms with Gasteiger partial charge in [-0.1, -0.05) is 22.9 Å². The second-order valence-electron chi connectivity index (χ2n) is 4.17. The molecule has 1 aromatic carbocycles. The molecular weight excluding hydrogens is 337 g/mol. The summed E-state index contributed by atoms with van der Waals surface area (Å²) in [7, 11) is 0. The molecule has 0 aliphatic carbocycles. The third kappa shape index (κ3) is 3.12. The molecule has 0 spiro atoms. The van der Waals surface area contributed by atoms with E-state index in [1.807, 2.05) is 0 Å². The Hall–Kier alpha value is -1.56. The first-order valence-corrected chi connectivity index (χ1v) is 6.61. The molecule has 0 amide bonds. The highest BCUT2D eigenvalue weighted by molar-refractivity contribution is 9.10. The monoisotopic (exact) mass is 346 g/mol. The van der Waals surface area contributed by atoms with Crippen LogP contribution in [0.5, 0.6) is 0 Å². The molecule has 0 N–H and O–H groups in total. The number of halogens is 4. The Balaban J connectivity index is 2.45. The molecule has 2 rings (SSSR count). The molecule has 0 bridgehead atoms. The van der Waals surface area contributed by atoms with E-state index in [1.54, 1.807) is 6.92 Å². The van der Waals surface area contributed by atoms with Gasteiger partial charge in [-0.05, 0) is 30.3 Å². The number of Topliss-reactive ketones (excluding diaryl/α,β-unsaturated/α-hetero) is 1. The van der Waals surface area contributed by atoms with E-state index in [4.69, 9.17) is 4.42 Å². The Bertz CT molecular complexity index is 644. The number of ketones is 1. The van der Waals surface area contributed by atoms with Crippen molar-refractivity contribution in [2.75, 3.05) is 0 Å². The maximum atomic E-state index is 12.7. The molecular formula is C14H10BrF3O2. The molecule has 0 atom stereocenters. The maximum absolute atomic E-state index is 12.7. The lowest BCUT2D eigenvalue weighted by Gasteiger charge is -2.08. The fraction of sp³-hybridized carbons (Fsp3) is 0.214. The van der Waals surface area contributed by atoms with Crippen LogP contribution in [-0.4, -0.2) is 5.78 Å². The zero-order chi connectivity index (χ0) is 14.9. The van der Waals surface area contributed by atoms with Gasteiger partial charge in [0.05, 0.1) is 5.56 Å². The van der Waals surface area contributed by atoms with Crippen molar-refractivity contribution in [1.29, 1.82) is 0 Å². The molecule has 1 heterocycles. The summed E-state index contributed by atoms with van der Waals surface area (Å²) in [4.78, 5) is 11.5. The van der Waals surface area contributed by atoms with Gasteiger partial charge in [-0.3, -0.25) is 4.79 Å². The number of furan rings is 1. The van der Waals surface area contributed by atoms with Crippen molar-refractivity contribution in [3.8, 4) is 11.3 Å². The highest BCUT2D eigenvalue weighted by atomic mass is 79.9. The van der Waals surface area contributed by atoms with Crippen LogP contribution < -0.4 is 0 Å². The summed E-state index contributed by atoms with van der Waals surface area (Å²) in [5.74, 6) is 0.187. The maximum Gasteiger partial charge on any atom is 0.416 e. The Morgan fingerprint density at radius 3 is 2.55 bits per heavy atom. The fourth-order valence-corrected chi connectivity index (χ4v) is 2.21. The molecule has 0 fully saturated rings. The summed E-state index contributed by atoms with van der Waals surface area (Å²) in [6.07, 6.45) is -4.16. The Kier molecular flexibility index (Phi) is 4.04. The number of alkyl halides is 3. The summed E-state index contributed by atoms with van der Waals surface area (Å²) >= 11 is 3.04. The number of hydrogen-bond acceptors (Lipinski definition) is 2. The lowest BCUT2D eigenvalue weighted by Crippen LogP contribution is -2.04. The quantitative estimate of drug-likeness (QED) is 0.704. The normalized spacial score (nSPS) is 11.7. The van der Waals surface area contributed by atoms with Crippen LogP contribution in [0.25, 0.3) is 11.3 Å². The van der Waals surface area contributed by atoms with Crippen LogP contribution in [0.3, 0.4) is 0 Å². The van der Waals surface area contributed by atoms with E-state index >= 15 is 0 Å². The SMILES string of the molecule is CCC(=O)c1ccc(-c2cc(Br)cc(C(F)(F)F)c2)o1. The van der Waals surface area contributed by atoms with E-state index in [2.05, 4.69) is 15.9 Å². The first-order chi connectivity index (χ1) is 9.31. The minimum absolute atomic E-state index is 0.149. The van der Waals surface area contributed by atoms with E-state index in [1.165, 1.54) is 18.2 Å². The third-order valence-corrected chi connectivity index (χ3v) is 3.17. The van der Waals surface area contributed by atoms with Crippen LogP contribution in [0, 0.1) is 0 Å². The van der Waals surface area contributed by atoms with E-state index in [0.29, 0.717) is 4.47 Å². The van der Waals surface area contributed by atoms with Gasteiger partial charge in [-0.2, -0.15) is 13.2 Å². The number of rotatable bonds is 3. The zero-order valence-corrected chi connectivity index (χ0v) is 12.0. The molecule has 0 unspecified atom stereocenters. The van der Waals surface area contributed by atoms with Gasteiger partial charge in [-0.15, -0.1) is 0 Å². The molecule has 6 heteroatoms. The average molecular weight is 347 g/mol. The second-order valence-corrected chi connectivity index (χ2v) is 5.08. The highest BCUT2D eigenvalue weighted by Crippen LogP contribution is 2.35. The summed E-state index contributed by atoms with van der Waals surface area (Å²) < 4.78 is 43.8. The molecule has 2 aromatic rings. The Morgan fingerprint density at radius 1 is 1.25 bits per heavy atom. The summed E-state index contributed by atoms with van der Waals surface area (Å²) in [6.45, 7) is 1.69. The van der Waals surface area contributed by atoms with Gasteiger partial charge in [0.2, 0.25) is 0 Å². The van der Waals surface area contributed by atoms with Crippen LogP contribution in [0.1, 0.15) is 29.5 Å². The van der Waals surface area contributed by atoms with Crippen molar-refractivity contribution >= 4 is 21.7 Å². The molecule has 1 aromatic heterocycles. The Labute approximate surface area is 121 Å². The minimum Gasteiger partial charge on any atom is -0.453 e. The fourth-order valence-electron chi connectivity index (χ4n) is 1.71. The first kappa shape index (κ1) is 14.8. The van der Waals surface area contributed by atoms with Gasteiger partial charge in [0, 0.05) is 16.5 Å². The molecule has 0 radical (unpaired) electrons. The van der Waals surface area contributed by atoms with Crippen molar-refractivity contribution in [2.24, 2.45) is 0 Å². The van der Waals surface area contributed by atoms with Gasteiger partial charge >= 0.3 is 6.18 Å². The van der Waals surface area contributed by atoms with Gasteiger partial charge in [0.25, 0.3) is 0 Å². The number of carbonyl (C=O) groups is 1. The minimum atomic E-state index is -4.44. The zero-order valence-electron chi connectivity index (χ0n) is 10.4. The van der Waals surface area contributed by atoms with Crippen LogP contribution >= 0.6 is 15.9 Å².